The molecule has 0 aliphatic carbocycles. The number of aromatic nitrogens is 2. The van der Waals surface area contributed by atoms with Crippen LogP contribution in [-0.4, -0.2) is 82.3 Å². The Bertz CT molecular complexity index is 1080. The fraction of sp³-hybridized carbons (Fsp3) is 0.500. The molecule has 1 aromatic carbocycles. The summed E-state index contributed by atoms with van der Waals surface area (Å²) in [5, 5.41) is 9.24. The summed E-state index contributed by atoms with van der Waals surface area (Å²) in [5.74, 6) is 0.237. The van der Waals surface area contributed by atoms with Crippen LogP contribution in [0.4, 0.5) is 5.82 Å². The standard InChI is InChI=1S/C26H35N7O3/c1-18(34)30-23(16-32-10-7-20-5-3-4-6-21(20)15-32)14-27-26(36)24-13-25(29-17-28-24)31-22-8-11-33(12-9-22)19(2)35/h3-6,13,17,22-23H,7-12,14-16H2,1-2H3,(H,27,36)(H,30,34)(H,28,29,31). The summed E-state index contributed by atoms with van der Waals surface area (Å²) in [7, 11) is 0. The van der Waals surface area contributed by atoms with Gasteiger partial charge in [-0.15, -0.1) is 0 Å². The van der Waals surface area contributed by atoms with Crippen LogP contribution in [0.15, 0.2) is 36.7 Å². The zero-order chi connectivity index (χ0) is 25.5. The predicted octanol–water partition coefficient (Wildman–Crippen LogP) is 1.19. The molecule has 3 N–H and O–H groups in total. The van der Waals surface area contributed by atoms with Gasteiger partial charge in [0.05, 0.1) is 6.04 Å². The normalized spacial score (nSPS) is 17.1. The Morgan fingerprint density at radius 2 is 1.81 bits per heavy atom. The van der Waals surface area contributed by atoms with E-state index in [9.17, 15) is 14.4 Å². The van der Waals surface area contributed by atoms with Crippen molar-refractivity contribution < 1.29 is 14.4 Å². The SMILES string of the molecule is CC(=O)NC(CNC(=O)c1cc(NC2CCN(C(C)=O)CC2)ncn1)CN1CCc2ccccc2C1. The number of carbonyl (C=O) groups is 3. The Labute approximate surface area is 211 Å². The molecule has 3 amide bonds. The second kappa shape index (κ2) is 11.9. The molecule has 0 bridgehead atoms. The van der Waals surface area contributed by atoms with E-state index in [0.717, 1.165) is 32.4 Å². The Morgan fingerprint density at radius 3 is 2.53 bits per heavy atom. The molecule has 2 aliphatic rings. The highest BCUT2D eigenvalue weighted by Gasteiger charge is 2.23. The quantitative estimate of drug-likeness (QED) is 0.505. The van der Waals surface area contributed by atoms with Crippen LogP contribution in [0.1, 0.15) is 48.3 Å². The molecule has 192 valence electrons. The number of nitrogens with zero attached hydrogens (tertiary/aromatic N) is 4. The summed E-state index contributed by atoms with van der Waals surface area (Å²) >= 11 is 0. The Hall–Kier alpha value is -3.53. The van der Waals surface area contributed by atoms with Gasteiger partial charge in [0.25, 0.3) is 5.91 Å². The van der Waals surface area contributed by atoms with E-state index in [1.165, 1.54) is 24.4 Å². The highest BCUT2D eigenvalue weighted by atomic mass is 16.2. The molecule has 1 saturated heterocycles. The first-order valence-corrected chi connectivity index (χ1v) is 12.6. The maximum Gasteiger partial charge on any atom is 0.270 e. The highest BCUT2D eigenvalue weighted by Crippen LogP contribution is 2.19. The molecule has 1 unspecified atom stereocenters. The van der Waals surface area contributed by atoms with Crippen molar-refractivity contribution in [3.63, 3.8) is 0 Å². The minimum absolute atomic E-state index is 0.0945. The van der Waals surface area contributed by atoms with Crippen LogP contribution in [0, 0.1) is 0 Å². The van der Waals surface area contributed by atoms with E-state index in [2.05, 4.69) is 49.0 Å². The molecule has 36 heavy (non-hydrogen) atoms. The van der Waals surface area contributed by atoms with Crippen LogP contribution in [-0.2, 0) is 22.6 Å². The number of benzene rings is 1. The van der Waals surface area contributed by atoms with Crippen LogP contribution in [0.5, 0.6) is 0 Å². The zero-order valence-corrected chi connectivity index (χ0v) is 21.0. The van der Waals surface area contributed by atoms with E-state index in [1.807, 2.05) is 11.0 Å². The molecule has 10 nitrogen and oxygen atoms in total. The van der Waals surface area contributed by atoms with Crippen molar-refractivity contribution in [2.45, 2.75) is 51.7 Å². The van der Waals surface area contributed by atoms with Crippen molar-refractivity contribution in [1.82, 2.24) is 30.4 Å². The van der Waals surface area contributed by atoms with Gasteiger partial charge < -0.3 is 20.9 Å². The predicted molar refractivity (Wildman–Crippen MR) is 136 cm³/mol. The summed E-state index contributed by atoms with van der Waals surface area (Å²) < 4.78 is 0. The second-order valence-electron chi connectivity index (χ2n) is 9.57. The van der Waals surface area contributed by atoms with Crippen molar-refractivity contribution in [2.75, 3.05) is 38.0 Å². The maximum absolute atomic E-state index is 12.9. The fourth-order valence-corrected chi connectivity index (χ4v) is 4.89. The molecule has 2 aliphatic heterocycles. The van der Waals surface area contributed by atoms with Gasteiger partial charge in [-0.05, 0) is 30.4 Å². The van der Waals surface area contributed by atoms with Crippen LogP contribution in [0.2, 0.25) is 0 Å². The van der Waals surface area contributed by atoms with Crippen LogP contribution >= 0.6 is 0 Å². The molecule has 0 saturated carbocycles. The van der Waals surface area contributed by atoms with Gasteiger partial charge in [-0.25, -0.2) is 9.97 Å². The van der Waals surface area contributed by atoms with Crippen molar-refractivity contribution in [3.8, 4) is 0 Å². The van der Waals surface area contributed by atoms with Gasteiger partial charge in [0.1, 0.15) is 17.8 Å². The average molecular weight is 494 g/mol. The lowest BCUT2D eigenvalue weighted by atomic mass is 9.99. The minimum Gasteiger partial charge on any atom is -0.367 e. The molecular formula is C26H35N7O3. The summed E-state index contributed by atoms with van der Waals surface area (Å²) in [4.78, 5) is 48.7. The number of amides is 3. The molecule has 0 radical (unpaired) electrons. The summed E-state index contributed by atoms with van der Waals surface area (Å²) in [5.41, 5.74) is 2.94. The Kier molecular flexibility index (Phi) is 8.48. The molecule has 1 fully saturated rings. The zero-order valence-electron chi connectivity index (χ0n) is 21.0. The van der Waals surface area contributed by atoms with E-state index in [0.29, 0.717) is 32.0 Å². The first-order chi connectivity index (χ1) is 17.4. The number of hydrogen-bond donors (Lipinski definition) is 3. The van der Waals surface area contributed by atoms with Crippen LogP contribution in [0.25, 0.3) is 0 Å². The number of piperidine rings is 1. The highest BCUT2D eigenvalue weighted by molar-refractivity contribution is 5.92. The fourth-order valence-electron chi connectivity index (χ4n) is 4.89. The number of fused-ring (bicyclic) bond motifs is 1. The van der Waals surface area contributed by atoms with Crippen molar-refractivity contribution >= 4 is 23.5 Å². The van der Waals surface area contributed by atoms with Crippen molar-refractivity contribution in [3.05, 3.63) is 53.5 Å². The van der Waals surface area contributed by atoms with Crippen molar-refractivity contribution in [2.24, 2.45) is 0 Å². The van der Waals surface area contributed by atoms with E-state index in [-0.39, 0.29) is 35.5 Å². The third kappa shape index (κ3) is 7.00. The Morgan fingerprint density at radius 1 is 1.06 bits per heavy atom. The number of rotatable bonds is 8. The van der Waals surface area contributed by atoms with Gasteiger partial charge in [0, 0.05) is 65.2 Å². The van der Waals surface area contributed by atoms with Crippen LogP contribution < -0.4 is 16.0 Å². The number of carbonyl (C=O) groups excluding carboxylic acids is 3. The molecule has 10 heteroatoms. The largest absolute Gasteiger partial charge is 0.367 e. The third-order valence-electron chi connectivity index (χ3n) is 6.80. The van der Waals surface area contributed by atoms with E-state index in [4.69, 9.17) is 0 Å². The number of likely N-dealkylation sites (tertiary alicyclic amines) is 1. The third-order valence-corrected chi connectivity index (χ3v) is 6.80. The van der Waals surface area contributed by atoms with Gasteiger partial charge in [0.15, 0.2) is 0 Å². The maximum atomic E-state index is 12.9. The molecule has 3 heterocycles. The number of anilines is 1. The molecule has 2 aromatic rings. The van der Waals surface area contributed by atoms with E-state index >= 15 is 0 Å². The Balaban J connectivity index is 1.30. The van der Waals surface area contributed by atoms with E-state index in [1.54, 1.807) is 13.0 Å². The number of nitrogens with one attached hydrogen (secondary N) is 3. The monoisotopic (exact) mass is 493 g/mol. The first-order valence-electron chi connectivity index (χ1n) is 12.6. The lowest BCUT2D eigenvalue weighted by molar-refractivity contribution is -0.129. The summed E-state index contributed by atoms with van der Waals surface area (Å²) in [6.45, 7) is 7.17. The smallest absolute Gasteiger partial charge is 0.270 e. The van der Waals surface area contributed by atoms with Gasteiger partial charge in [0.2, 0.25) is 11.8 Å². The van der Waals surface area contributed by atoms with Gasteiger partial charge in [-0.3, -0.25) is 19.3 Å². The lowest BCUT2D eigenvalue weighted by Gasteiger charge is -2.32. The van der Waals surface area contributed by atoms with Gasteiger partial charge in [-0.2, -0.15) is 0 Å². The summed E-state index contributed by atoms with van der Waals surface area (Å²) in [6, 6.07) is 10.0. The van der Waals surface area contributed by atoms with Crippen molar-refractivity contribution in [1.29, 1.82) is 0 Å². The summed E-state index contributed by atoms with van der Waals surface area (Å²) in [6.07, 6.45) is 3.99. The average Bonchev–Trinajstić information content (AvgIpc) is 2.87. The first kappa shape index (κ1) is 25.6. The number of hydrogen-bond acceptors (Lipinski definition) is 7. The molecular weight excluding hydrogens is 458 g/mol. The second-order valence-corrected chi connectivity index (χ2v) is 9.57. The molecule has 1 aromatic heterocycles. The topological polar surface area (TPSA) is 120 Å². The molecule has 4 rings (SSSR count). The van der Waals surface area contributed by atoms with E-state index < -0.39 is 0 Å². The minimum atomic E-state index is -0.314. The molecule has 0 spiro atoms. The van der Waals surface area contributed by atoms with Gasteiger partial charge in [-0.1, -0.05) is 24.3 Å². The molecule has 1 atom stereocenters. The van der Waals surface area contributed by atoms with Crippen LogP contribution in [0.3, 0.4) is 0 Å². The van der Waals surface area contributed by atoms with Gasteiger partial charge >= 0.3 is 0 Å². The lowest BCUT2D eigenvalue weighted by Crippen LogP contribution is -2.50.